The number of ether oxygens (including phenoxy) is 1. The van der Waals surface area contributed by atoms with Crippen LogP contribution in [-0.2, 0) is 4.79 Å². The van der Waals surface area contributed by atoms with Crippen LogP contribution in [-0.4, -0.2) is 31.0 Å². The lowest BCUT2D eigenvalue weighted by atomic mass is 10.0. The van der Waals surface area contributed by atoms with E-state index in [2.05, 4.69) is 12.1 Å². The number of hydrogen-bond acceptors (Lipinski definition) is 3. The third-order valence-electron chi connectivity index (χ3n) is 3.92. The molecule has 1 atom stereocenters. The van der Waals surface area contributed by atoms with Gasteiger partial charge in [0.05, 0.1) is 13.2 Å². The Hall–Kier alpha value is -1.55. The van der Waals surface area contributed by atoms with Gasteiger partial charge in [-0.25, -0.2) is 0 Å². The number of likely N-dealkylation sites (tertiary alicyclic amines) is 1. The molecule has 4 nitrogen and oxygen atoms in total. The molecule has 4 heteroatoms. The molecule has 0 aliphatic carbocycles. The first-order valence-electron chi connectivity index (χ1n) is 7.39. The molecule has 1 aliphatic rings. The molecule has 0 radical (unpaired) electrons. The highest BCUT2D eigenvalue weighted by Crippen LogP contribution is 2.33. The van der Waals surface area contributed by atoms with Gasteiger partial charge in [-0.1, -0.05) is 12.1 Å². The van der Waals surface area contributed by atoms with Gasteiger partial charge in [-0.05, 0) is 49.9 Å². The van der Waals surface area contributed by atoms with Gasteiger partial charge < -0.3 is 15.4 Å². The SMILES string of the molecule is COc1ccc(C2CCCN2C(=O)CCCCN)cc1. The highest BCUT2D eigenvalue weighted by atomic mass is 16.5. The van der Waals surface area contributed by atoms with E-state index >= 15 is 0 Å². The maximum atomic E-state index is 12.3. The molecule has 1 fully saturated rings. The molecule has 110 valence electrons. The summed E-state index contributed by atoms with van der Waals surface area (Å²) in [5.41, 5.74) is 6.68. The van der Waals surface area contributed by atoms with Crippen molar-refractivity contribution in [2.45, 2.75) is 38.1 Å². The van der Waals surface area contributed by atoms with Crippen LogP contribution in [0.15, 0.2) is 24.3 Å². The second kappa shape index (κ2) is 7.29. The molecule has 1 aliphatic heterocycles. The molecule has 0 spiro atoms. The van der Waals surface area contributed by atoms with Gasteiger partial charge in [-0.2, -0.15) is 0 Å². The fourth-order valence-corrected chi connectivity index (χ4v) is 2.80. The summed E-state index contributed by atoms with van der Waals surface area (Å²) in [4.78, 5) is 14.3. The lowest BCUT2D eigenvalue weighted by Crippen LogP contribution is -2.30. The van der Waals surface area contributed by atoms with E-state index in [0.717, 1.165) is 38.0 Å². The molecule has 1 unspecified atom stereocenters. The largest absolute Gasteiger partial charge is 0.497 e. The van der Waals surface area contributed by atoms with Crippen molar-refractivity contribution < 1.29 is 9.53 Å². The van der Waals surface area contributed by atoms with Crippen LogP contribution < -0.4 is 10.5 Å². The molecular weight excluding hydrogens is 252 g/mol. The summed E-state index contributed by atoms with van der Waals surface area (Å²) >= 11 is 0. The fourth-order valence-electron chi connectivity index (χ4n) is 2.80. The Morgan fingerprint density at radius 3 is 2.75 bits per heavy atom. The van der Waals surface area contributed by atoms with E-state index in [1.165, 1.54) is 5.56 Å². The molecule has 20 heavy (non-hydrogen) atoms. The summed E-state index contributed by atoms with van der Waals surface area (Å²) in [6.45, 7) is 1.54. The molecular formula is C16H24N2O2. The minimum Gasteiger partial charge on any atom is -0.497 e. The average Bonchev–Trinajstić information content (AvgIpc) is 2.97. The van der Waals surface area contributed by atoms with E-state index in [9.17, 15) is 4.79 Å². The predicted molar refractivity (Wildman–Crippen MR) is 79.6 cm³/mol. The van der Waals surface area contributed by atoms with Crippen LogP contribution in [0.4, 0.5) is 0 Å². The molecule has 1 saturated heterocycles. The number of unbranched alkanes of at least 4 members (excludes halogenated alkanes) is 1. The number of nitrogens with two attached hydrogens (primary N) is 1. The summed E-state index contributed by atoms with van der Waals surface area (Å²) in [5, 5.41) is 0. The number of carbonyl (C=O) groups excluding carboxylic acids is 1. The van der Waals surface area contributed by atoms with E-state index in [-0.39, 0.29) is 11.9 Å². The van der Waals surface area contributed by atoms with E-state index in [1.807, 2.05) is 17.0 Å². The number of rotatable bonds is 6. The second-order valence-electron chi connectivity index (χ2n) is 5.26. The van der Waals surface area contributed by atoms with Gasteiger partial charge >= 0.3 is 0 Å². The molecule has 0 aromatic heterocycles. The van der Waals surface area contributed by atoms with Crippen LogP contribution >= 0.6 is 0 Å². The predicted octanol–water partition coefficient (Wildman–Crippen LogP) is 2.49. The Balaban J connectivity index is 2.00. The van der Waals surface area contributed by atoms with Crippen molar-refractivity contribution in [3.8, 4) is 5.75 Å². The zero-order chi connectivity index (χ0) is 14.4. The van der Waals surface area contributed by atoms with Crippen LogP contribution in [0.3, 0.4) is 0 Å². The number of amides is 1. The molecule has 1 heterocycles. The Bertz CT molecular complexity index is 431. The fraction of sp³-hybridized carbons (Fsp3) is 0.562. The van der Waals surface area contributed by atoms with E-state index < -0.39 is 0 Å². The summed E-state index contributed by atoms with van der Waals surface area (Å²) in [6, 6.07) is 8.28. The van der Waals surface area contributed by atoms with E-state index in [1.54, 1.807) is 7.11 Å². The van der Waals surface area contributed by atoms with Crippen LogP contribution in [0, 0.1) is 0 Å². The Morgan fingerprint density at radius 2 is 2.10 bits per heavy atom. The standard InChI is InChI=1S/C16H24N2O2/c1-20-14-9-7-13(8-10-14)15-5-4-12-18(15)16(19)6-2-3-11-17/h7-10,15H,2-6,11-12,17H2,1H3. The van der Waals surface area contributed by atoms with Crippen molar-refractivity contribution in [1.82, 2.24) is 4.90 Å². The van der Waals surface area contributed by atoms with Crippen molar-refractivity contribution >= 4 is 5.91 Å². The number of nitrogens with zero attached hydrogens (tertiary/aromatic N) is 1. The second-order valence-corrected chi connectivity index (χ2v) is 5.26. The maximum absolute atomic E-state index is 12.3. The smallest absolute Gasteiger partial charge is 0.223 e. The Labute approximate surface area is 120 Å². The van der Waals surface area contributed by atoms with Gasteiger partial charge in [0, 0.05) is 13.0 Å². The third kappa shape index (κ3) is 3.51. The van der Waals surface area contributed by atoms with Gasteiger partial charge in [-0.15, -0.1) is 0 Å². The van der Waals surface area contributed by atoms with Gasteiger partial charge in [0.1, 0.15) is 5.75 Å². The lowest BCUT2D eigenvalue weighted by Gasteiger charge is -2.25. The van der Waals surface area contributed by atoms with E-state index in [0.29, 0.717) is 13.0 Å². The monoisotopic (exact) mass is 276 g/mol. The molecule has 2 N–H and O–H groups in total. The highest BCUT2D eigenvalue weighted by Gasteiger charge is 2.29. The molecule has 0 saturated carbocycles. The van der Waals surface area contributed by atoms with Gasteiger partial charge in [0.15, 0.2) is 0 Å². The maximum Gasteiger partial charge on any atom is 0.223 e. The molecule has 1 amide bonds. The van der Waals surface area contributed by atoms with Crippen molar-refractivity contribution in [2.24, 2.45) is 5.73 Å². The zero-order valence-electron chi connectivity index (χ0n) is 12.2. The minimum absolute atomic E-state index is 0.228. The van der Waals surface area contributed by atoms with Crippen molar-refractivity contribution in [1.29, 1.82) is 0 Å². The van der Waals surface area contributed by atoms with Crippen molar-refractivity contribution in [3.63, 3.8) is 0 Å². The molecule has 1 aromatic rings. The lowest BCUT2D eigenvalue weighted by molar-refractivity contribution is -0.132. The summed E-state index contributed by atoms with van der Waals surface area (Å²) < 4.78 is 5.18. The quantitative estimate of drug-likeness (QED) is 0.812. The first-order chi connectivity index (χ1) is 9.76. The molecule has 2 rings (SSSR count). The van der Waals surface area contributed by atoms with Crippen LogP contribution in [0.25, 0.3) is 0 Å². The first-order valence-corrected chi connectivity index (χ1v) is 7.39. The first kappa shape index (κ1) is 14.9. The third-order valence-corrected chi connectivity index (χ3v) is 3.92. The number of carbonyl (C=O) groups is 1. The highest BCUT2D eigenvalue weighted by molar-refractivity contribution is 5.77. The summed E-state index contributed by atoms with van der Waals surface area (Å²) in [5.74, 6) is 1.12. The normalized spacial score (nSPS) is 18.3. The van der Waals surface area contributed by atoms with Gasteiger partial charge in [0.2, 0.25) is 5.91 Å². The van der Waals surface area contributed by atoms with Gasteiger partial charge in [0.25, 0.3) is 0 Å². The molecule has 0 bridgehead atoms. The topological polar surface area (TPSA) is 55.6 Å². The van der Waals surface area contributed by atoms with Crippen LogP contribution in [0.1, 0.15) is 43.7 Å². The molecule has 1 aromatic carbocycles. The minimum atomic E-state index is 0.228. The number of methoxy groups -OCH3 is 1. The Kier molecular flexibility index (Phi) is 5.41. The number of hydrogen-bond donors (Lipinski definition) is 1. The van der Waals surface area contributed by atoms with Crippen LogP contribution in [0.5, 0.6) is 5.75 Å². The van der Waals surface area contributed by atoms with Gasteiger partial charge in [-0.3, -0.25) is 4.79 Å². The Morgan fingerprint density at radius 1 is 1.35 bits per heavy atom. The van der Waals surface area contributed by atoms with Crippen molar-refractivity contribution in [2.75, 3.05) is 20.2 Å². The average molecular weight is 276 g/mol. The van der Waals surface area contributed by atoms with Crippen LogP contribution in [0.2, 0.25) is 0 Å². The summed E-state index contributed by atoms with van der Waals surface area (Å²) in [6.07, 6.45) is 4.56. The number of benzene rings is 1. The summed E-state index contributed by atoms with van der Waals surface area (Å²) in [7, 11) is 1.66. The zero-order valence-corrected chi connectivity index (χ0v) is 12.2. The van der Waals surface area contributed by atoms with E-state index in [4.69, 9.17) is 10.5 Å². The van der Waals surface area contributed by atoms with Crippen molar-refractivity contribution in [3.05, 3.63) is 29.8 Å².